The quantitative estimate of drug-likeness (QED) is 0.914. The van der Waals surface area contributed by atoms with Crippen LogP contribution in [0.1, 0.15) is 36.8 Å². The average Bonchev–Trinajstić information content (AvgIpc) is 2.76. The highest BCUT2D eigenvalue weighted by molar-refractivity contribution is 5.36. The summed E-state index contributed by atoms with van der Waals surface area (Å²) in [6.45, 7) is 4.24. The number of nitrogens with two attached hydrogens (primary N) is 1. The minimum atomic E-state index is -0.330. The fraction of sp³-hybridized carbons (Fsp3) is 0.400. The van der Waals surface area contributed by atoms with Crippen molar-refractivity contribution in [1.82, 2.24) is 9.78 Å². The van der Waals surface area contributed by atoms with Gasteiger partial charge < -0.3 is 10.5 Å². The zero-order chi connectivity index (χ0) is 14.7. The Morgan fingerprint density at radius 2 is 2.15 bits per heavy atom. The van der Waals surface area contributed by atoms with Crippen molar-refractivity contribution in [2.45, 2.75) is 32.9 Å². The van der Waals surface area contributed by atoms with Crippen molar-refractivity contribution in [3.63, 3.8) is 0 Å². The van der Waals surface area contributed by atoms with E-state index in [1.807, 2.05) is 27.0 Å². The van der Waals surface area contributed by atoms with E-state index >= 15 is 0 Å². The maximum atomic E-state index is 13.3. The molecule has 1 aromatic carbocycles. The summed E-state index contributed by atoms with van der Waals surface area (Å²) in [7, 11) is 1.87. The van der Waals surface area contributed by atoms with Crippen molar-refractivity contribution in [2.75, 3.05) is 0 Å². The number of hydrogen-bond donors (Lipinski definition) is 1. The summed E-state index contributed by atoms with van der Waals surface area (Å²) in [5.74, 6) is 0.155. The molecule has 108 valence electrons. The second kappa shape index (κ2) is 6.05. The lowest BCUT2D eigenvalue weighted by Gasteiger charge is -2.14. The number of hydrogen-bond acceptors (Lipinski definition) is 3. The Hall–Kier alpha value is -1.88. The Balaban J connectivity index is 2.17. The Morgan fingerprint density at radius 1 is 1.40 bits per heavy atom. The maximum Gasteiger partial charge on any atom is 0.130 e. The first-order chi connectivity index (χ1) is 9.51. The highest BCUT2D eigenvalue weighted by atomic mass is 19.1. The van der Waals surface area contributed by atoms with Crippen molar-refractivity contribution in [2.24, 2.45) is 12.8 Å². The van der Waals surface area contributed by atoms with E-state index in [0.29, 0.717) is 12.4 Å². The van der Waals surface area contributed by atoms with Crippen LogP contribution in [0.5, 0.6) is 5.75 Å². The van der Waals surface area contributed by atoms with Crippen LogP contribution in [0.4, 0.5) is 4.39 Å². The third kappa shape index (κ3) is 3.17. The van der Waals surface area contributed by atoms with Crippen molar-refractivity contribution >= 4 is 0 Å². The average molecular weight is 277 g/mol. The molecule has 1 unspecified atom stereocenters. The van der Waals surface area contributed by atoms with Gasteiger partial charge in [-0.3, -0.25) is 4.68 Å². The van der Waals surface area contributed by atoms with Crippen LogP contribution in [0.15, 0.2) is 24.3 Å². The highest BCUT2D eigenvalue weighted by Crippen LogP contribution is 2.25. The first-order valence-corrected chi connectivity index (χ1v) is 6.71. The molecule has 0 aliphatic heterocycles. The van der Waals surface area contributed by atoms with E-state index in [-0.39, 0.29) is 11.9 Å². The molecule has 0 bridgehead atoms. The van der Waals surface area contributed by atoms with E-state index in [0.717, 1.165) is 23.4 Å². The van der Waals surface area contributed by atoms with E-state index in [2.05, 4.69) is 5.10 Å². The molecule has 0 aliphatic carbocycles. The molecule has 1 heterocycles. The van der Waals surface area contributed by atoms with Gasteiger partial charge in [0.05, 0.1) is 11.4 Å². The normalized spacial score (nSPS) is 12.4. The van der Waals surface area contributed by atoms with Crippen LogP contribution in [0.3, 0.4) is 0 Å². The third-order valence-electron chi connectivity index (χ3n) is 3.23. The van der Waals surface area contributed by atoms with Crippen LogP contribution in [0.25, 0.3) is 0 Å². The number of aromatic nitrogens is 2. The van der Waals surface area contributed by atoms with E-state index < -0.39 is 0 Å². The van der Waals surface area contributed by atoms with E-state index in [1.165, 1.54) is 12.1 Å². The number of halogens is 1. The molecular weight excluding hydrogens is 257 g/mol. The minimum Gasteiger partial charge on any atom is -0.487 e. The Kier molecular flexibility index (Phi) is 4.39. The maximum absolute atomic E-state index is 13.3. The van der Waals surface area contributed by atoms with Gasteiger partial charge in [0.1, 0.15) is 18.2 Å². The number of rotatable bonds is 5. The van der Waals surface area contributed by atoms with Crippen LogP contribution in [-0.4, -0.2) is 9.78 Å². The van der Waals surface area contributed by atoms with Crippen molar-refractivity contribution < 1.29 is 9.13 Å². The summed E-state index contributed by atoms with van der Waals surface area (Å²) in [5.41, 5.74) is 8.62. The van der Waals surface area contributed by atoms with Gasteiger partial charge in [-0.25, -0.2) is 4.39 Å². The smallest absolute Gasteiger partial charge is 0.130 e. The standard InChI is InChI=1S/C15H20FN3O/c1-4-12-8-13(19(3)18-12)9-20-15-7-11(16)5-6-14(15)10(2)17/h5-8,10H,4,9,17H2,1-3H3. The van der Waals surface area contributed by atoms with Gasteiger partial charge in [-0.1, -0.05) is 13.0 Å². The van der Waals surface area contributed by atoms with E-state index in [4.69, 9.17) is 10.5 Å². The van der Waals surface area contributed by atoms with Gasteiger partial charge >= 0.3 is 0 Å². The molecule has 20 heavy (non-hydrogen) atoms. The molecule has 0 radical (unpaired) electrons. The Labute approximate surface area is 118 Å². The van der Waals surface area contributed by atoms with Crippen LogP contribution < -0.4 is 10.5 Å². The SMILES string of the molecule is CCc1cc(COc2cc(F)ccc2C(C)N)n(C)n1. The lowest BCUT2D eigenvalue weighted by Crippen LogP contribution is -2.09. The molecule has 0 amide bonds. The summed E-state index contributed by atoms with van der Waals surface area (Å²) < 4.78 is 20.8. The summed E-state index contributed by atoms with van der Waals surface area (Å²) in [6.07, 6.45) is 0.874. The first kappa shape index (κ1) is 14.5. The monoisotopic (exact) mass is 277 g/mol. The topological polar surface area (TPSA) is 53.1 Å². The van der Waals surface area contributed by atoms with Gasteiger partial charge in [-0.15, -0.1) is 0 Å². The summed E-state index contributed by atoms with van der Waals surface area (Å²) in [4.78, 5) is 0. The second-order valence-corrected chi connectivity index (χ2v) is 4.86. The van der Waals surface area contributed by atoms with E-state index in [1.54, 1.807) is 10.7 Å². The summed E-state index contributed by atoms with van der Waals surface area (Å²) in [6, 6.07) is 6.21. The number of ether oxygens (including phenoxy) is 1. The van der Waals surface area contributed by atoms with Crippen molar-refractivity contribution in [3.05, 3.63) is 47.0 Å². The molecule has 5 heteroatoms. The van der Waals surface area contributed by atoms with E-state index in [9.17, 15) is 4.39 Å². The first-order valence-electron chi connectivity index (χ1n) is 6.71. The molecular formula is C15H20FN3O. The van der Waals surface area contributed by atoms with Gasteiger partial charge in [0.2, 0.25) is 0 Å². The zero-order valence-electron chi connectivity index (χ0n) is 12.1. The van der Waals surface area contributed by atoms with Crippen LogP contribution in [-0.2, 0) is 20.1 Å². The summed E-state index contributed by atoms with van der Waals surface area (Å²) >= 11 is 0. The lowest BCUT2D eigenvalue weighted by atomic mass is 10.1. The van der Waals surface area contributed by atoms with Crippen LogP contribution in [0, 0.1) is 5.82 Å². The van der Waals surface area contributed by atoms with Crippen molar-refractivity contribution in [1.29, 1.82) is 0 Å². The van der Waals surface area contributed by atoms with Crippen LogP contribution >= 0.6 is 0 Å². The van der Waals surface area contributed by atoms with Crippen molar-refractivity contribution in [3.8, 4) is 5.75 Å². The van der Waals surface area contributed by atoms with Gasteiger partial charge in [-0.05, 0) is 25.5 Å². The number of nitrogens with zero attached hydrogens (tertiary/aromatic N) is 2. The zero-order valence-corrected chi connectivity index (χ0v) is 12.1. The van der Waals surface area contributed by atoms with Gasteiger partial charge in [-0.2, -0.15) is 5.10 Å². The molecule has 4 nitrogen and oxygen atoms in total. The van der Waals surface area contributed by atoms with Crippen LogP contribution in [0.2, 0.25) is 0 Å². The van der Waals surface area contributed by atoms with Gasteiger partial charge in [0, 0.05) is 24.7 Å². The number of aryl methyl sites for hydroxylation is 2. The molecule has 0 saturated carbocycles. The molecule has 0 spiro atoms. The Morgan fingerprint density at radius 3 is 2.75 bits per heavy atom. The van der Waals surface area contributed by atoms with Gasteiger partial charge in [0.15, 0.2) is 0 Å². The lowest BCUT2D eigenvalue weighted by molar-refractivity contribution is 0.289. The fourth-order valence-electron chi connectivity index (χ4n) is 2.04. The second-order valence-electron chi connectivity index (χ2n) is 4.86. The molecule has 0 fully saturated rings. The molecule has 1 atom stereocenters. The minimum absolute atomic E-state index is 0.205. The molecule has 1 aromatic heterocycles. The predicted molar refractivity (Wildman–Crippen MR) is 75.9 cm³/mol. The third-order valence-corrected chi connectivity index (χ3v) is 3.23. The largest absolute Gasteiger partial charge is 0.487 e. The fourth-order valence-corrected chi connectivity index (χ4v) is 2.04. The highest BCUT2D eigenvalue weighted by Gasteiger charge is 2.11. The molecule has 0 saturated heterocycles. The Bertz CT molecular complexity index is 593. The summed E-state index contributed by atoms with van der Waals surface area (Å²) in [5, 5.41) is 4.35. The molecule has 2 rings (SSSR count). The molecule has 2 N–H and O–H groups in total. The predicted octanol–water partition coefficient (Wildman–Crippen LogP) is 2.72. The number of benzene rings is 1. The van der Waals surface area contributed by atoms with Gasteiger partial charge in [0.25, 0.3) is 0 Å². The molecule has 0 aliphatic rings. The molecule has 2 aromatic rings.